The van der Waals surface area contributed by atoms with E-state index < -0.39 is 0 Å². The molecule has 1 N–H and O–H groups in total. The zero-order chi connectivity index (χ0) is 13.2. The van der Waals surface area contributed by atoms with Crippen molar-refractivity contribution in [1.82, 2.24) is 14.9 Å². The van der Waals surface area contributed by atoms with E-state index in [1.807, 2.05) is 12.1 Å². The van der Waals surface area contributed by atoms with Gasteiger partial charge in [-0.1, -0.05) is 11.6 Å². The molecule has 0 spiro atoms. The summed E-state index contributed by atoms with van der Waals surface area (Å²) in [6.07, 6.45) is 3.65. The molecule has 4 heteroatoms. The second-order valence-corrected chi connectivity index (χ2v) is 5.76. The van der Waals surface area contributed by atoms with Gasteiger partial charge in [0.05, 0.1) is 11.0 Å². The van der Waals surface area contributed by atoms with E-state index in [4.69, 9.17) is 16.6 Å². The lowest BCUT2D eigenvalue weighted by Gasteiger charge is -2.22. The number of hydrogen-bond acceptors (Lipinski definition) is 2. The number of fused-ring (bicyclic) bond motifs is 1. The van der Waals surface area contributed by atoms with E-state index in [-0.39, 0.29) is 0 Å². The Morgan fingerprint density at radius 1 is 1.47 bits per heavy atom. The van der Waals surface area contributed by atoms with Crippen molar-refractivity contribution in [3.63, 3.8) is 0 Å². The van der Waals surface area contributed by atoms with Gasteiger partial charge in [0.1, 0.15) is 5.82 Å². The van der Waals surface area contributed by atoms with Gasteiger partial charge in [-0.05, 0) is 57.0 Å². The van der Waals surface area contributed by atoms with E-state index >= 15 is 0 Å². The minimum Gasteiger partial charge on any atom is -0.328 e. The highest BCUT2D eigenvalue weighted by Crippen LogP contribution is 2.23. The third kappa shape index (κ3) is 2.63. The van der Waals surface area contributed by atoms with E-state index in [1.165, 1.54) is 24.2 Å². The van der Waals surface area contributed by atoms with Crippen LogP contribution < -0.4 is 5.32 Å². The smallest absolute Gasteiger partial charge is 0.110 e. The van der Waals surface area contributed by atoms with Crippen LogP contribution in [0.4, 0.5) is 0 Å². The van der Waals surface area contributed by atoms with Gasteiger partial charge in [-0.2, -0.15) is 0 Å². The fraction of sp³-hybridized carbons (Fsp3) is 0.533. The molecule has 102 valence electrons. The Labute approximate surface area is 119 Å². The minimum absolute atomic E-state index is 0.714. The molecule has 0 aliphatic carbocycles. The van der Waals surface area contributed by atoms with Gasteiger partial charge in [0, 0.05) is 18.0 Å². The van der Waals surface area contributed by atoms with Crippen molar-refractivity contribution in [3.05, 3.63) is 29.0 Å². The molecule has 0 bridgehead atoms. The number of benzene rings is 1. The fourth-order valence-corrected chi connectivity index (χ4v) is 3.18. The van der Waals surface area contributed by atoms with Crippen molar-refractivity contribution >= 4 is 22.6 Å². The second kappa shape index (κ2) is 5.51. The van der Waals surface area contributed by atoms with Crippen LogP contribution >= 0.6 is 11.6 Å². The summed E-state index contributed by atoms with van der Waals surface area (Å²) in [6, 6.07) is 5.99. The molecular formula is C15H20ClN3. The topological polar surface area (TPSA) is 29.9 Å². The number of aryl methyl sites for hydroxylation is 1. The van der Waals surface area contributed by atoms with Crippen LogP contribution in [0, 0.1) is 5.92 Å². The van der Waals surface area contributed by atoms with Crippen molar-refractivity contribution in [2.75, 3.05) is 13.1 Å². The Hall–Kier alpha value is -1.06. The van der Waals surface area contributed by atoms with Gasteiger partial charge in [-0.15, -0.1) is 0 Å². The van der Waals surface area contributed by atoms with E-state index in [0.717, 1.165) is 36.6 Å². The van der Waals surface area contributed by atoms with Crippen LogP contribution in [0.25, 0.3) is 11.0 Å². The molecule has 1 atom stereocenters. The maximum Gasteiger partial charge on any atom is 0.110 e. The third-order valence-corrected chi connectivity index (χ3v) is 4.21. The molecule has 1 aromatic carbocycles. The molecule has 1 unspecified atom stereocenters. The van der Waals surface area contributed by atoms with Crippen LogP contribution in [-0.2, 0) is 13.0 Å². The molecule has 0 radical (unpaired) electrons. The monoisotopic (exact) mass is 277 g/mol. The highest BCUT2D eigenvalue weighted by Gasteiger charge is 2.17. The maximum atomic E-state index is 6.06. The van der Waals surface area contributed by atoms with Crippen molar-refractivity contribution in [1.29, 1.82) is 0 Å². The number of aromatic nitrogens is 2. The molecule has 19 heavy (non-hydrogen) atoms. The van der Waals surface area contributed by atoms with Gasteiger partial charge < -0.3 is 9.88 Å². The minimum atomic E-state index is 0.714. The van der Waals surface area contributed by atoms with Gasteiger partial charge in [-0.25, -0.2) is 4.98 Å². The Kier molecular flexibility index (Phi) is 3.76. The summed E-state index contributed by atoms with van der Waals surface area (Å²) in [6.45, 7) is 5.43. The Morgan fingerprint density at radius 2 is 2.37 bits per heavy atom. The summed E-state index contributed by atoms with van der Waals surface area (Å²) >= 11 is 6.06. The first kappa shape index (κ1) is 12.9. The highest BCUT2D eigenvalue weighted by atomic mass is 35.5. The van der Waals surface area contributed by atoms with Crippen molar-refractivity contribution < 1.29 is 0 Å². The van der Waals surface area contributed by atoms with Crippen LogP contribution in [0.15, 0.2) is 18.2 Å². The molecule has 1 aromatic heterocycles. The quantitative estimate of drug-likeness (QED) is 0.933. The van der Waals surface area contributed by atoms with E-state index in [9.17, 15) is 0 Å². The number of rotatable bonds is 3. The Bertz CT molecular complexity index is 570. The van der Waals surface area contributed by atoms with Gasteiger partial charge in [-0.3, -0.25) is 0 Å². The molecule has 3 nitrogen and oxygen atoms in total. The second-order valence-electron chi connectivity index (χ2n) is 5.32. The summed E-state index contributed by atoms with van der Waals surface area (Å²) in [7, 11) is 0. The lowest BCUT2D eigenvalue weighted by atomic mass is 9.96. The Balaban J connectivity index is 1.93. The molecule has 2 aromatic rings. The molecular weight excluding hydrogens is 258 g/mol. The lowest BCUT2D eigenvalue weighted by Crippen LogP contribution is -2.31. The SMILES string of the molecule is CCn1c(CC2CCCNC2)nc2cc(Cl)ccc21. The first-order chi connectivity index (χ1) is 9.28. The van der Waals surface area contributed by atoms with Crippen molar-refractivity contribution in [2.24, 2.45) is 5.92 Å². The summed E-state index contributed by atoms with van der Waals surface area (Å²) in [4.78, 5) is 4.79. The molecule has 1 aliphatic heterocycles. The van der Waals surface area contributed by atoms with Gasteiger partial charge in [0.2, 0.25) is 0 Å². The fourth-order valence-electron chi connectivity index (χ4n) is 3.02. The summed E-state index contributed by atoms with van der Waals surface area (Å²) < 4.78 is 2.32. The number of imidazole rings is 1. The van der Waals surface area contributed by atoms with Crippen LogP contribution in [-0.4, -0.2) is 22.6 Å². The molecule has 1 aliphatic rings. The number of piperidine rings is 1. The first-order valence-electron chi connectivity index (χ1n) is 7.13. The first-order valence-corrected chi connectivity index (χ1v) is 7.51. The molecule has 0 amide bonds. The zero-order valence-electron chi connectivity index (χ0n) is 11.3. The van der Waals surface area contributed by atoms with Crippen molar-refractivity contribution in [2.45, 2.75) is 32.7 Å². The van der Waals surface area contributed by atoms with E-state index in [1.54, 1.807) is 0 Å². The average molecular weight is 278 g/mol. The summed E-state index contributed by atoms with van der Waals surface area (Å²) in [5, 5.41) is 4.24. The number of nitrogens with zero attached hydrogens (tertiary/aromatic N) is 2. The number of nitrogens with one attached hydrogen (secondary N) is 1. The Morgan fingerprint density at radius 3 is 3.11 bits per heavy atom. The molecule has 0 saturated carbocycles. The van der Waals surface area contributed by atoms with Crippen LogP contribution in [0.2, 0.25) is 5.02 Å². The van der Waals surface area contributed by atoms with Crippen LogP contribution in [0.1, 0.15) is 25.6 Å². The van der Waals surface area contributed by atoms with Gasteiger partial charge >= 0.3 is 0 Å². The molecule has 1 saturated heterocycles. The maximum absolute atomic E-state index is 6.06. The van der Waals surface area contributed by atoms with Crippen molar-refractivity contribution in [3.8, 4) is 0 Å². The number of halogens is 1. The van der Waals surface area contributed by atoms with Gasteiger partial charge in [0.25, 0.3) is 0 Å². The molecule has 3 rings (SSSR count). The predicted molar refractivity (Wildman–Crippen MR) is 79.7 cm³/mol. The van der Waals surface area contributed by atoms with Crippen LogP contribution in [0.3, 0.4) is 0 Å². The van der Waals surface area contributed by atoms with E-state index in [0.29, 0.717) is 5.92 Å². The third-order valence-electron chi connectivity index (χ3n) is 3.98. The predicted octanol–water partition coefficient (Wildman–Crippen LogP) is 3.25. The average Bonchev–Trinajstić information content (AvgIpc) is 2.76. The number of hydrogen-bond donors (Lipinski definition) is 1. The van der Waals surface area contributed by atoms with Gasteiger partial charge in [0.15, 0.2) is 0 Å². The summed E-state index contributed by atoms with van der Waals surface area (Å²) in [5.74, 6) is 1.92. The van der Waals surface area contributed by atoms with Crippen LogP contribution in [0.5, 0.6) is 0 Å². The normalized spacial score (nSPS) is 20.0. The largest absolute Gasteiger partial charge is 0.328 e. The summed E-state index contributed by atoms with van der Waals surface area (Å²) in [5.41, 5.74) is 2.22. The zero-order valence-corrected chi connectivity index (χ0v) is 12.1. The molecule has 2 heterocycles. The molecule has 1 fully saturated rings. The van der Waals surface area contributed by atoms with E-state index in [2.05, 4.69) is 22.9 Å². The standard InChI is InChI=1S/C15H20ClN3/c1-2-19-14-6-5-12(16)9-13(14)18-15(19)8-11-4-3-7-17-10-11/h5-6,9,11,17H,2-4,7-8,10H2,1H3. The lowest BCUT2D eigenvalue weighted by molar-refractivity contribution is 0.367. The highest BCUT2D eigenvalue weighted by molar-refractivity contribution is 6.31.